The average molecular weight is 301 g/mol. The van der Waals surface area contributed by atoms with Gasteiger partial charge in [-0.2, -0.15) is 0 Å². The van der Waals surface area contributed by atoms with Crippen molar-refractivity contribution in [1.82, 2.24) is 14.5 Å². The number of nitrogens with zero attached hydrogens (tertiary/aromatic N) is 3. The molecule has 0 aliphatic heterocycles. The third-order valence-electron chi connectivity index (χ3n) is 4.46. The van der Waals surface area contributed by atoms with E-state index in [1.54, 1.807) is 18.3 Å². The summed E-state index contributed by atoms with van der Waals surface area (Å²) in [6.07, 6.45) is 7.51. The summed E-state index contributed by atoms with van der Waals surface area (Å²) in [7, 11) is 0. The first-order valence-corrected chi connectivity index (χ1v) is 8.56. The minimum atomic E-state index is -0.547. The number of thiophene rings is 1. The Labute approximate surface area is 127 Å². The van der Waals surface area contributed by atoms with Crippen LogP contribution in [0.15, 0.2) is 17.6 Å². The number of hydrogen-bond donors (Lipinski definition) is 1. The van der Waals surface area contributed by atoms with Gasteiger partial charge < -0.3 is 9.67 Å². The van der Waals surface area contributed by atoms with Gasteiger partial charge in [-0.1, -0.05) is 19.3 Å². The van der Waals surface area contributed by atoms with Crippen LogP contribution in [0.25, 0.3) is 21.3 Å². The molecule has 3 aromatic rings. The summed E-state index contributed by atoms with van der Waals surface area (Å²) < 4.78 is 3.50. The van der Waals surface area contributed by atoms with Gasteiger partial charge in [0.25, 0.3) is 0 Å². The highest BCUT2D eigenvalue weighted by Gasteiger charge is 2.25. The molecule has 0 aromatic carbocycles. The van der Waals surface area contributed by atoms with Gasteiger partial charge in [0.1, 0.15) is 17.4 Å². The molecule has 1 atom stereocenters. The predicted octanol–water partition coefficient (Wildman–Crippen LogP) is 4.20. The van der Waals surface area contributed by atoms with Crippen molar-refractivity contribution in [3.8, 4) is 0 Å². The van der Waals surface area contributed by atoms with Crippen LogP contribution >= 0.6 is 11.3 Å². The summed E-state index contributed by atoms with van der Waals surface area (Å²) >= 11 is 1.72. The molecule has 3 aromatic heterocycles. The summed E-state index contributed by atoms with van der Waals surface area (Å²) in [5.74, 6) is 0.791. The fourth-order valence-electron chi connectivity index (χ4n) is 3.50. The van der Waals surface area contributed by atoms with E-state index in [0.717, 1.165) is 22.4 Å². The predicted molar refractivity (Wildman–Crippen MR) is 85.7 cm³/mol. The smallest absolute Gasteiger partial charge is 0.138 e. The van der Waals surface area contributed by atoms with E-state index < -0.39 is 6.10 Å². The molecule has 0 spiro atoms. The van der Waals surface area contributed by atoms with Crippen LogP contribution in [0.4, 0.5) is 0 Å². The number of aliphatic hydroxyl groups excluding tert-OH is 1. The topological polar surface area (TPSA) is 50.9 Å². The third-order valence-corrected chi connectivity index (χ3v) is 5.37. The molecule has 0 saturated heterocycles. The molecule has 0 amide bonds. The van der Waals surface area contributed by atoms with Crippen LogP contribution in [0.2, 0.25) is 0 Å². The molecule has 1 N–H and O–H groups in total. The zero-order chi connectivity index (χ0) is 14.4. The highest BCUT2D eigenvalue weighted by Crippen LogP contribution is 2.37. The summed E-state index contributed by atoms with van der Waals surface area (Å²) in [6.45, 7) is 1.81. The SMILES string of the molecule is CC(O)c1nc2cnc3ccsc3c2n1C1CCCCC1. The maximum Gasteiger partial charge on any atom is 0.138 e. The van der Waals surface area contributed by atoms with Crippen molar-refractivity contribution >= 4 is 32.6 Å². The Hall–Kier alpha value is -1.46. The summed E-state index contributed by atoms with van der Waals surface area (Å²) in [4.78, 5) is 9.16. The average Bonchev–Trinajstić information content (AvgIpc) is 3.11. The molecule has 3 heterocycles. The molecule has 1 saturated carbocycles. The number of rotatable bonds is 2. The highest BCUT2D eigenvalue weighted by atomic mass is 32.1. The molecule has 1 aliphatic carbocycles. The molecule has 110 valence electrons. The molecule has 5 heteroatoms. The molecule has 1 unspecified atom stereocenters. The van der Waals surface area contributed by atoms with Gasteiger partial charge in [-0.3, -0.25) is 4.98 Å². The van der Waals surface area contributed by atoms with Crippen molar-refractivity contribution in [1.29, 1.82) is 0 Å². The Morgan fingerprint density at radius 3 is 2.86 bits per heavy atom. The molecule has 4 rings (SSSR count). The molecule has 0 bridgehead atoms. The Kier molecular flexibility index (Phi) is 3.19. The van der Waals surface area contributed by atoms with Gasteiger partial charge in [0.2, 0.25) is 0 Å². The normalized spacial score (nSPS) is 18.6. The Morgan fingerprint density at radius 1 is 1.29 bits per heavy atom. The zero-order valence-corrected chi connectivity index (χ0v) is 12.9. The minimum absolute atomic E-state index is 0.459. The fourth-order valence-corrected chi connectivity index (χ4v) is 4.39. The van der Waals surface area contributed by atoms with Crippen molar-refractivity contribution < 1.29 is 5.11 Å². The van der Waals surface area contributed by atoms with Crippen LogP contribution in [0, 0.1) is 0 Å². The van der Waals surface area contributed by atoms with Gasteiger partial charge in [0.15, 0.2) is 0 Å². The lowest BCUT2D eigenvalue weighted by molar-refractivity contribution is 0.178. The van der Waals surface area contributed by atoms with E-state index >= 15 is 0 Å². The second-order valence-electron chi connectivity index (χ2n) is 5.93. The monoisotopic (exact) mass is 301 g/mol. The number of imidazole rings is 1. The van der Waals surface area contributed by atoms with Crippen LogP contribution in [-0.2, 0) is 0 Å². The first-order valence-electron chi connectivity index (χ1n) is 7.68. The number of aliphatic hydroxyl groups is 1. The molecule has 4 nitrogen and oxygen atoms in total. The molecule has 1 fully saturated rings. The van der Waals surface area contributed by atoms with Crippen LogP contribution in [0.3, 0.4) is 0 Å². The van der Waals surface area contributed by atoms with Gasteiger partial charge in [-0.15, -0.1) is 11.3 Å². The number of hydrogen-bond acceptors (Lipinski definition) is 4. The van der Waals surface area contributed by atoms with Gasteiger partial charge >= 0.3 is 0 Å². The Balaban J connectivity index is 2.03. The quantitative estimate of drug-likeness (QED) is 0.771. The molecular weight excluding hydrogens is 282 g/mol. The van der Waals surface area contributed by atoms with Crippen molar-refractivity contribution in [2.24, 2.45) is 0 Å². The van der Waals surface area contributed by atoms with Crippen molar-refractivity contribution in [3.05, 3.63) is 23.5 Å². The second kappa shape index (κ2) is 5.07. The van der Waals surface area contributed by atoms with Gasteiger partial charge in [0.05, 0.1) is 21.9 Å². The van der Waals surface area contributed by atoms with Gasteiger partial charge in [-0.05, 0) is 31.2 Å². The van der Waals surface area contributed by atoms with E-state index in [1.807, 2.05) is 6.20 Å². The van der Waals surface area contributed by atoms with Crippen molar-refractivity contribution in [3.63, 3.8) is 0 Å². The van der Waals surface area contributed by atoms with E-state index in [9.17, 15) is 5.11 Å². The fraction of sp³-hybridized carbons (Fsp3) is 0.500. The van der Waals surface area contributed by atoms with Crippen LogP contribution in [-0.4, -0.2) is 19.6 Å². The second-order valence-corrected chi connectivity index (χ2v) is 6.85. The van der Waals surface area contributed by atoms with E-state index in [2.05, 4.69) is 26.0 Å². The van der Waals surface area contributed by atoms with Gasteiger partial charge in [-0.25, -0.2) is 4.98 Å². The van der Waals surface area contributed by atoms with Crippen LogP contribution in [0.1, 0.15) is 57.0 Å². The summed E-state index contributed by atoms with van der Waals surface area (Å²) in [6, 6.07) is 2.51. The molecular formula is C16H19N3OS. The van der Waals surface area contributed by atoms with E-state index in [0.29, 0.717) is 6.04 Å². The third kappa shape index (κ3) is 2.07. The van der Waals surface area contributed by atoms with Crippen molar-refractivity contribution in [2.75, 3.05) is 0 Å². The maximum atomic E-state index is 10.2. The lowest BCUT2D eigenvalue weighted by Crippen LogP contribution is -2.16. The largest absolute Gasteiger partial charge is 0.385 e. The maximum absolute atomic E-state index is 10.2. The summed E-state index contributed by atoms with van der Waals surface area (Å²) in [5.41, 5.74) is 3.10. The van der Waals surface area contributed by atoms with Gasteiger partial charge in [0, 0.05) is 6.04 Å². The van der Waals surface area contributed by atoms with Crippen LogP contribution in [0.5, 0.6) is 0 Å². The Morgan fingerprint density at radius 2 is 2.10 bits per heavy atom. The van der Waals surface area contributed by atoms with Crippen molar-refractivity contribution in [2.45, 2.75) is 51.2 Å². The molecule has 1 aliphatic rings. The standard InChI is InChI=1S/C16H19N3OS/c1-10(20)16-18-13-9-17-12-7-8-21-15(12)14(13)19(16)11-5-3-2-4-6-11/h7-11,20H,2-6H2,1H3. The number of pyridine rings is 1. The van der Waals surface area contributed by atoms with E-state index in [1.165, 1.54) is 36.8 Å². The lowest BCUT2D eigenvalue weighted by atomic mass is 9.95. The molecule has 0 radical (unpaired) electrons. The van der Waals surface area contributed by atoms with E-state index in [-0.39, 0.29) is 0 Å². The number of aromatic nitrogens is 3. The number of fused-ring (bicyclic) bond motifs is 3. The first kappa shape index (κ1) is 13.2. The molecule has 21 heavy (non-hydrogen) atoms. The summed E-state index contributed by atoms with van der Waals surface area (Å²) in [5, 5.41) is 12.2. The van der Waals surface area contributed by atoms with Crippen LogP contribution < -0.4 is 0 Å². The first-order chi connectivity index (χ1) is 10.3. The minimum Gasteiger partial charge on any atom is -0.385 e. The van der Waals surface area contributed by atoms with E-state index in [4.69, 9.17) is 0 Å². The zero-order valence-electron chi connectivity index (χ0n) is 12.1. The Bertz CT molecular complexity index is 783. The highest BCUT2D eigenvalue weighted by molar-refractivity contribution is 7.18. The lowest BCUT2D eigenvalue weighted by Gasteiger charge is -2.26.